The van der Waals surface area contributed by atoms with E-state index in [1.807, 2.05) is 0 Å². The predicted octanol–water partition coefficient (Wildman–Crippen LogP) is 2.20. The van der Waals surface area contributed by atoms with Crippen molar-refractivity contribution >= 4 is 17.5 Å². The SMILES string of the molecule is C[C@@H](Oc1cccc(Cl)c1)C(=O)N(C)C. The van der Waals surface area contributed by atoms with Gasteiger partial charge in [-0.1, -0.05) is 17.7 Å². The van der Waals surface area contributed by atoms with E-state index >= 15 is 0 Å². The minimum atomic E-state index is -0.501. The molecular formula is C11H14ClNO2. The summed E-state index contributed by atoms with van der Waals surface area (Å²) >= 11 is 5.80. The van der Waals surface area contributed by atoms with Crippen LogP contribution in [-0.2, 0) is 4.79 Å². The maximum absolute atomic E-state index is 11.5. The molecule has 4 heteroatoms. The van der Waals surface area contributed by atoms with E-state index < -0.39 is 6.10 Å². The smallest absolute Gasteiger partial charge is 0.262 e. The van der Waals surface area contributed by atoms with Gasteiger partial charge in [-0.25, -0.2) is 0 Å². The number of amides is 1. The zero-order chi connectivity index (χ0) is 11.4. The number of ether oxygens (including phenoxy) is 1. The molecule has 1 atom stereocenters. The molecule has 82 valence electrons. The number of benzene rings is 1. The molecule has 0 radical (unpaired) electrons. The summed E-state index contributed by atoms with van der Waals surface area (Å²) in [4.78, 5) is 13.0. The van der Waals surface area contributed by atoms with Gasteiger partial charge in [-0.2, -0.15) is 0 Å². The Morgan fingerprint density at radius 2 is 2.13 bits per heavy atom. The second-order valence-electron chi connectivity index (χ2n) is 3.45. The number of nitrogens with zero attached hydrogens (tertiary/aromatic N) is 1. The minimum absolute atomic E-state index is 0.0741. The van der Waals surface area contributed by atoms with Crippen molar-refractivity contribution in [1.82, 2.24) is 4.90 Å². The molecule has 0 unspecified atom stereocenters. The van der Waals surface area contributed by atoms with Crippen LogP contribution < -0.4 is 4.74 Å². The second kappa shape index (κ2) is 5.03. The Morgan fingerprint density at radius 3 is 2.67 bits per heavy atom. The van der Waals surface area contributed by atoms with Crippen LogP contribution in [0, 0.1) is 0 Å². The first kappa shape index (κ1) is 11.9. The molecule has 0 N–H and O–H groups in total. The lowest BCUT2D eigenvalue weighted by Gasteiger charge is -2.18. The minimum Gasteiger partial charge on any atom is -0.481 e. The van der Waals surface area contributed by atoms with E-state index in [9.17, 15) is 4.79 Å². The number of rotatable bonds is 3. The van der Waals surface area contributed by atoms with E-state index in [-0.39, 0.29) is 5.91 Å². The highest BCUT2D eigenvalue weighted by atomic mass is 35.5. The highest BCUT2D eigenvalue weighted by Crippen LogP contribution is 2.18. The van der Waals surface area contributed by atoms with Crippen molar-refractivity contribution in [2.45, 2.75) is 13.0 Å². The van der Waals surface area contributed by atoms with Crippen molar-refractivity contribution < 1.29 is 9.53 Å². The summed E-state index contributed by atoms with van der Waals surface area (Å²) in [7, 11) is 3.39. The van der Waals surface area contributed by atoms with Crippen LogP contribution in [0.1, 0.15) is 6.92 Å². The second-order valence-corrected chi connectivity index (χ2v) is 3.89. The average molecular weight is 228 g/mol. The van der Waals surface area contributed by atoms with Gasteiger partial charge in [0.2, 0.25) is 0 Å². The molecule has 0 aliphatic heterocycles. The normalized spacial score (nSPS) is 12.0. The Balaban J connectivity index is 2.66. The van der Waals surface area contributed by atoms with Gasteiger partial charge in [0, 0.05) is 19.1 Å². The lowest BCUT2D eigenvalue weighted by atomic mass is 10.3. The van der Waals surface area contributed by atoms with Crippen molar-refractivity contribution in [3.63, 3.8) is 0 Å². The van der Waals surface area contributed by atoms with Gasteiger partial charge in [-0.3, -0.25) is 4.79 Å². The Kier molecular flexibility index (Phi) is 3.97. The number of carbonyl (C=O) groups is 1. The molecule has 1 aromatic rings. The van der Waals surface area contributed by atoms with Gasteiger partial charge in [0.1, 0.15) is 5.75 Å². The summed E-state index contributed by atoms with van der Waals surface area (Å²) in [6.45, 7) is 1.71. The van der Waals surface area contributed by atoms with Gasteiger partial charge < -0.3 is 9.64 Å². The first-order valence-corrected chi connectivity index (χ1v) is 5.02. The molecule has 15 heavy (non-hydrogen) atoms. The van der Waals surface area contributed by atoms with E-state index in [0.29, 0.717) is 10.8 Å². The van der Waals surface area contributed by atoms with Crippen molar-refractivity contribution in [3.05, 3.63) is 29.3 Å². The standard InChI is InChI=1S/C11H14ClNO2/c1-8(11(14)13(2)3)15-10-6-4-5-9(12)7-10/h4-8H,1-3H3/t8-/m1/s1. The van der Waals surface area contributed by atoms with Gasteiger partial charge in [0.15, 0.2) is 6.10 Å². The van der Waals surface area contributed by atoms with Gasteiger partial charge in [-0.05, 0) is 25.1 Å². The summed E-state index contributed by atoms with van der Waals surface area (Å²) < 4.78 is 5.44. The van der Waals surface area contributed by atoms with Gasteiger partial charge >= 0.3 is 0 Å². The van der Waals surface area contributed by atoms with Crippen molar-refractivity contribution in [2.75, 3.05) is 14.1 Å². The molecule has 1 rings (SSSR count). The summed E-state index contributed by atoms with van der Waals surface area (Å²) in [5.74, 6) is 0.528. The van der Waals surface area contributed by atoms with E-state index in [4.69, 9.17) is 16.3 Å². The van der Waals surface area contributed by atoms with Crippen LogP contribution in [0.4, 0.5) is 0 Å². The molecule has 0 saturated heterocycles. The topological polar surface area (TPSA) is 29.5 Å². The lowest BCUT2D eigenvalue weighted by Crippen LogP contribution is -2.35. The lowest BCUT2D eigenvalue weighted by molar-refractivity contribution is -0.135. The Bertz CT molecular complexity index is 352. The van der Waals surface area contributed by atoms with Crippen molar-refractivity contribution in [1.29, 1.82) is 0 Å². The number of hydrogen-bond acceptors (Lipinski definition) is 2. The molecule has 0 saturated carbocycles. The largest absolute Gasteiger partial charge is 0.481 e. The fourth-order valence-electron chi connectivity index (χ4n) is 1.16. The highest BCUT2D eigenvalue weighted by Gasteiger charge is 2.16. The van der Waals surface area contributed by atoms with Crippen LogP contribution in [0.15, 0.2) is 24.3 Å². The third-order valence-electron chi connectivity index (χ3n) is 1.90. The molecular weight excluding hydrogens is 214 g/mol. The fourth-order valence-corrected chi connectivity index (χ4v) is 1.34. The summed E-state index contributed by atoms with van der Waals surface area (Å²) in [6.07, 6.45) is -0.501. The van der Waals surface area contributed by atoms with Gasteiger partial charge in [0.25, 0.3) is 5.91 Å². The van der Waals surface area contributed by atoms with Crippen LogP contribution in [0.3, 0.4) is 0 Å². The van der Waals surface area contributed by atoms with Crippen LogP contribution in [0.5, 0.6) is 5.75 Å². The first-order valence-electron chi connectivity index (χ1n) is 4.64. The number of carbonyl (C=O) groups excluding carboxylic acids is 1. The molecule has 3 nitrogen and oxygen atoms in total. The van der Waals surface area contributed by atoms with Crippen molar-refractivity contribution in [2.24, 2.45) is 0 Å². The molecule has 0 heterocycles. The van der Waals surface area contributed by atoms with E-state index in [0.717, 1.165) is 0 Å². The maximum Gasteiger partial charge on any atom is 0.262 e. The zero-order valence-corrected chi connectivity index (χ0v) is 9.78. The monoisotopic (exact) mass is 227 g/mol. The Hall–Kier alpha value is -1.22. The maximum atomic E-state index is 11.5. The number of hydrogen-bond donors (Lipinski definition) is 0. The number of halogens is 1. The third-order valence-corrected chi connectivity index (χ3v) is 2.13. The Morgan fingerprint density at radius 1 is 1.47 bits per heavy atom. The molecule has 0 fully saturated rings. The molecule has 0 spiro atoms. The zero-order valence-electron chi connectivity index (χ0n) is 9.03. The van der Waals surface area contributed by atoms with Gasteiger partial charge in [0.05, 0.1) is 0 Å². The summed E-state index contributed by atoms with van der Waals surface area (Å²) in [5.41, 5.74) is 0. The molecule has 1 aromatic carbocycles. The van der Waals surface area contributed by atoms with Crippen molar-refractivity contribution in [3.8, 4) is 5.75 Å². The predicted molar refractivity (Wildman–Crippen MR) is 60.2 cm³/mol. The summed E-state index contributed by atoms with van der Waals surface area (Å²) in [6, 6.07) is 6.99. The fraction of sp³-hybridized carbons (Fsp3) is 0.364. The number of likely N-dealkylation sites (N-methyl/N-ethyl adjacent to an activating group) is 1. The van der Waals surface area contributed by atoms with Crippen LogP contribution in [-0.4, -0.2) is 31.0 Å². The quantitative estimate of drug-likeness (QED) is 0.792. The van der Waals surface area contributed by atoms with Crippen LogP contribution >= 0.6 is 11.6 Å². The first-order chi connectivity index (χ1) is 7.00. The molecule has 0 aromatic heterocycles. The van der Waals surface area contributed by atoms with E-state index in [1.165, 1.54) is 4.90 Å². The third kappa shape index (κ3) is 3.44. The van der Waals surface area contributed by atoms with Crippen LogP contribution in [0.2, 0.25) is 5.02 Å². The average Bonchev–Trinajstić information content (AvgIpc) is 2.16. The highest BCUT2D eigenvalue weighted by molar-refractivity contribution is 6.30. The van der Waals surface area contributed by atoms with E-state index in [1.54, 1.807) is 45.3 Å². The molecule has 0 bridgehead atoms. The Labute approximate surface area is 94.6 Å². The summed E-state index contributed by atoms with van der Waals surface area (Å²) in [5, 5.41) is 0.594. The molecule has 1 amide bonds. The molecule has 0 aliphatic carbocycles. The van der Waals surface area contributed by atoms with Gasteiger partial charge in [-0.15, -0.1) is 0 Å². The van der Waals surface area contributed by atoms with E-state index in [2.05, 4.69) is 0 Å². The molecule has 0 aliphatic rings. The van der Waals surface area contributed by atoms with Crippen LogP contribution in [0.25, 0.3) is 0 Å².